The Hall–Kier alpha value is -1.07. The van der Waals surface area contributed by atoms with Gasteiger partial charge in [-0.2, -0.15) is 5.10 Å². The van der Waals surface area contributed by atoms with Crippen LogP contribution in [0.2, 0.25) is 0 Å². The second-order valence-electron chi connectivity index (χ2n) is 5.13. The van der Waals surface area contributed by atoms with Gasteiger partial charge in [-0.15, -0.1) is 12.4 Å². The van der Waals surface area contributed by atoms with Crippen LogP contribution in [0.3, 0.4) is 0 Å². The van der Waals surface area contributed by atoms with Gasteiger partial charge in [0.05, 0.1) is 0 Å². The number of nitrogens with two attached hydrogens (primary N) is 1. The highest BCUT2D eigenvalue weighted by molar-refractivity contribution is 5.85. The molecule has 0 spiro atoms. The molecule has 0 aliphatic heterocycles. The fourth-order valence-corrected chi connectivity index (χ4v) is 2.45. The fraction of sp³-hybridized carbons (Fsp3) is 0.692. The molecule has 1 aromatic rings. The lowest BCUT2D eigenvalue weighted by Crippen LogP contribution is -2.40. The summed E-state index contributed by atoms with van der Waals surface area (Å²) in [6.07, 6.45) is 7.10. The normalized spacial score (nSPS) is 22.6. The molecular formula is C13H23ClN4O. The van der Waals surface area contributed by atoms with Gasteiger partial charge >= 0.3 is 0 Å². The van der Waals surface area contributed by atoms with Crippen LogP contribution in [0.5, 0.6) is 0 Å². The zero-order valence-electron chi connectivity index (χ0n) is 11.3. The highest BCUT2D eigenvalue weighted by Crippen LogP contribution is 2.17. The van der Waals surface area contributed by atoms with Crippen molar-refractivity contribution in [2.24, 2.45) is 12.8 Å². The van der Waals surface area contributed by atoms with Crippen molar-refractivity contribution >= 4 is 18.3 Å². The first-order valence-corrected chi connectivity index (χ1v) is 6.67. The number of nitrogens with one attached hydrogen (secondary N) is 1. The number of aromatic nitrogens is 2. The van der Waals surface area contributed by atoms with Crippen LogP contribution in [0.1, 0.15) is 37.8 Å². The Bertz CT molecular complexity index is 399. The molecule has 0 bridgehead atoms. The van der Waals surface area contributed by atoms with E-state index in [-0.39, 0.29) is 18.3 Å². The molecule has 0 saturated heterocycles. The van der Waals surface area contributed by atoms with Crippen LogP contribution < -0.4 is 11.1 Å². The molecule has 0 radical (unpaired) electrons. The Balaban J connectivity index is 0.00000180. The summed E-state index contributed by atoms with van der Waals surface area (Å²) in [6.45, 7) is 0. The summed E-state index contributed by atoms with van der Waals surface area (Å²) >= 11 is 0. The van der Waals surface area contributed by atoms with Crippen molar-refractivity contribution in [2.45, 2.75) is 50.6 Å². The van der Waals surface area contributed by atoms with Gasteiger partial charge in [-0.25, -0.2) is 0 Å². The maximum atomic E-state index is 11.8. The zero-order valence-corrected chi connectivity index (χ0v) is 12.2. The molecule has 1 amide bonds. The summed E-state index contributed by atoms with van der Waals surface area (Å²) in [6, 6.07) is 2.60. The van der Waals surface area contributed by atoms with E-state index in [4.69, 9.17) is 5.73 Å². The van der Waals surface area contributed by atoms with E-state index in [1.807, 2.05) is 17.8 Å². The molecule has 108 valence electrons. The molecule has 1 heterocycles. The number of carbonyl (C=O) groups excluding carboxylic acids is 1. The summed E-state index contributed by atoms with van der Waals surface area (Å²) in [4.78, 5) is 11.8. The summed E-state index contributed by atoms with van der Waals surface area (Å²) in [5, 5.41) is 7.19. The van der Waals surface area contributed by atoms with Crippen LogP contribution in [0.15, 0.2) is 12.3 Å². The third kappa shape index (κ3) is 4.84. The van der Waals surface area contributed by atoms with Gasteiger partial charge in [-0.3, -0.25) is 9.48 Å². The van der Waals surface area contributed by atoms with E-state index >= 15 is 0 Å². The van der Waals surface area contributed by atoms with Gasteiger partial charge in [0, 0.05) is 37.4 Å². The van der Waals surface area contributed by atoms with Crippen molar-refractivity contribution in [1.29, 1.82) is 0 Å². The predicted molar refractivity (Wildman–Crippen MR) is 77.2 cm³/mol. The Kier molecular flexibility index (Phi) is 6.31. The van der Waals surface area contributed by atoms with E-state index in [2.05, 4.69) is 10.4 Å². The van der Waals surface area contributed by atoms with E-state index < -0.39 is 0 Å². The van der Waals surface area contributed by atoms with Crippen LogP contribution in [-0.4, -0.2) is 27.8 Å². The molecule has 6 heteroatoms. The van der Waals surface area contributed by atoms with Crippen LogP contribution in [0, 0.1) is 0 Å². The van der Waals surface area contributed by atoms with E-state index in [9.17, 15) is 4.79 Å². The summed E-state index contributed by atoms with van der Waals surface area (Å²) in [5.41, 5.74) is 6.94. The molecule has 1 aliphatic rings. The van der Waals surface area contributed by atoms with Crippen LogP contribution in [0.25, 0.3) is 0 Å². The van der Waals surface area contributed by atoms with E-state index in [1.165, 1.54) is 0 Å². The van der Waals surface area contributed by atoms with Gasteiger partial charge in [0.15, 0.2) is 0 Å². The summed E-state index contributed by atoms with van der Waals surface area (Å²) in [5.74, 6) is 0.136. The third-order valence-electron chi connectivity index (χ3n) is 3.67. The van der Waals surface area contributed by atoms with Gasteiger partial charge in [0.1, 0.15) is 0 Å². The van der Waals surface area contributed by atoms with Crippen molar-refractivity contribution < 1.29 is 4.79 Å². The van der Waals surface area contributed by atoms with Crippen molar-refractivity contribution in [2.75, 3.05) is 0 Å². The van der Waals surface area contributed by atoms with Gasteiger partial charge in [-0.1, -0.05) is 0 Å². The first-order valence-electron chi connectivity index (χ1n) is 6.67. The number of hydrogen-bond acceptors (Lipinski definition) is 3. The molecule has 3 N–H and O–H groups in total. The molecule has 5 nitrogen and oxygen atoms in total. The smallest absolute Gasteiger partial charge is 0.220 e. The number of aryl methyl sites for hydroxylation is 2. The average Bonchev–Trinajstić information content (AvgIpc) is 2.75. The van der Waals surface area contributed by atoms with Crippen LogP contribution in [-0.2, 0) is 18.3 Å². The molecule has 1 aromatic heterocycles. The second-order valence-corrected chi connectivity index (χ2v) is 5.13. The predicted octanol–water partition coefficient (Wildman–Crippen LogP) is 1.16. The van der Waals surface area contributed by atoms with Crippen LogP contribution in [0.4, 0.5) is 0 Å². The third-order valence-corrected chi connectivity index (χ3v) is 3.67. The zero-order chi connectivity index (χ0) is 13.0. The summed E-state index contributed by atoms with van der Waals surface area (Å²) in [7, 11) is 1.90. The van der Waals surface area contributed by atoms with Crippen molar-refractivity contribution in [3.05, 3.63) is 18.0 Å². The molecule has 1 aliphatic carbocycles. The van der Waals surface area contributed by atoms with Gasteiger partial charge in [0.25, 0.3) is 0 Å². The maximum Gasteiger partial charge on any atom is 0.220 e. The number of hydrogen-bond donors (Lipinski definition) is 2. The molecule has 0 unspecified atom stereocenters. The van der Waals surface area contributed by atoms with E-state index in [0.717, 1.165) is 37.8 Å². The number of nitrogens with zero attached hydrogens (tertiary/aromatic N) is 2. The molecule has 0 atom stereocenters. The van der Waals surface area contributed by atoms with Gasteiger partial charge < -0.3 is 11.1 Å². The second kappa shape index (κ2) is 7.50. The fourth-order valence-electron chi connectivity index (χ4n) is 2.45. The largest absolute Gasteiger partial charge is 0.353 e. The highest BCUT2D eigenvalue weighted by Gasteiger charge is 2.19. The minimum atomic E-state index is 0. The van der Waals surface area contributed by atoms with Crippen molar-refractivity contribution in [3.63, 3.8) is 0 Å². The van der Waals surface area contributed by atoms with E-state index in [1.54, 1.807) is 6.20 Å². The minimum absolute atomic E-state index is 0. The average molecular weight is 287 g/mol. The Morgan fingerprint density at radius 3 is 2.74 bits per heavy atom. The Morgan fingerprint density at radius 2 is 2.16 bits per heavy atom. The Morgan fingerprint density at radius 1 is 1.47 bits per heavy atom. The molecular weight excluding hydrogens is 264 g/mol. The monoisotopic (exact) mass is 286 g/mol. The number of carbonyl (C=O) groups is 1. The lowest BCUT2D eigenvalue weighted by Gasteiger charge is -2.26. The molecule has 2 rings (SSSR count). The number of rotatable bonds is 4. The first-order chi connectivity index (χ1) is 8.65. The van der Waals surface area contributed by atoms with Gasteiger partial charge in [-0.05, 0) is 38.2 Å². The molecule has 1 saturated carbocycles. The standard InChI is InChI=1S/C13H22N4O.ClH/c1-17-12(8-9-15-17)6-7-13(18)16-11-4-2-10(14)3-5-11;/h8-11H,2-7,14H2,1H3,(H,16,18);1H. The van der Waals surface area contributed by atoms with Gasteiger partial charge in [0.2, 0.25) is 5.91 Å². The quantitative estimate of drug-likeness (QED) is 0.872. The SMILES string of the molecule is Cl.Cn1nccc1CCC(=O)NC1CCC(N)CC1. The summed E-state index contributed by atoms with van der Waals surface area (Å²) < 4.78 is 1.81. The molecule has 0 aromatic carbocycles. The van der Waals surface area contributed by atoms with Crippen LogP contribution >= 0.6 is 12.4 Å². The van der Waals surface area contributed by atoms with Crippen molar-refractivity contribution in [1.82, 2.24) is 15.1 Å². The highest BCUT2D eigenvalue weighted by atomic mass is 35.5. The van der Waals surface area contributed by atoms with Crippen molar-refractivity contribution in [3.8, 4) is 0 Å². The first kappa shape index (κ1) is 16.0. The van der Waals surface area contributed by atoms with E-state index in [0.29, 0.717) is 18.5 Å². The maximum absolute atomic E-state index is 11.8. The number of amides is 1. The lowest BCUT2D eigenvalue weighted by atomic mass is 9.92. The minimum Gasteiger partial charge on any atom is -0.353 e. The topological polar surface area (TPSA) is 72.9 Å². The Labute approximate surface area is 120 Å². The molecule has 1 fully saturated rings. The lowest BCUT2D eigenvalue weighted by molar-refractivity contribution is -0.122. The number of halogens is 1. The molecule has 19 heavy (non-hydrogen) atoms.